The summed E-state index contributed by atoms with van der Waals surface area (Å²) in [7, 11) is 0. The first-order valence-corrected chi connectivity index (χ1v) is 6.96. The summed E-state index contributed by atoms with van der Waals surface area (Å²) in [5.74, 6) is -0.418. The zero-order chi connectivity index (χ0) is 13.4. The maximum absolute atomic E-state index is 11.5. The van der Waals surface area contributed by atoms with E-state index in [-0.39, 0.29) is 12.4 Å². The Hall–Kier alpha value is -1.30. The average molecular weight is 357 g/mol. The number of aromatic amines is 1. The second-order valence-corrected chi connectivity index (χ2v) is 5.54. The van der Waals surface area contributed by atoms with Gasteiger partial charge in [0.15, 0.2) is 0 Å². The Morgan fingerprint density at radius 3 is 2.80 bits per heavy atom. The number of rotatable bonds is 2. The van der Waals surface area contributed by atoms with Crippen LogP contribution in [0.15, 0.2) is 28.9 Å². The molecule has 20 heavy (non-hydrogen) atoms. The van der Waals surface area contributed by atoms with E-state index in [0.29, 0.717) is 5.56 Å². The van der Waals surface area contributed by atoms with E-state index in [4.69, 9.17) is 5.73 Å². The van der Waals surface area contributed by atoms with Crippen LogP contribution in [0.3, 0.4) is 0 Å². The van der Waals surface area contributed by atoms with Gasteiger partial charge in [0.05, 0.1) is 11.1 Å². The molecule has 0 unspecified atom stereocenters. The maximum atomic E-state index is 11.5. The van der Waals surface area contributed by atoms with Crippen molar-refractivity contribution in [2.75, 3.05) is 13.1 Å². The largest absolute Gasteiger partial charge is 0.366 e. The second kappa shape index (κ2) is 5.99. The number of hydrogen-bond acceptors (Lipinski definition) is 2. The molecular formula is C14H15BrClN3O. The van der Waals surface area contributed by atoms with Gasteiger partial charge in [-0.15, -0.1) is 12.4 Å². The van der Waals surface area contributed by atoms with Gasteiger partial charge in [-0.1, -0.05) is 22.0 Å². The van der Waals surface area contributed by atoms with Crippen molar-refractivity contribution in [1.29, 1.82) is 0 Å². The summed E-state index contributed by atoms with van der Waals surface area (Å²) in [4.78, 5) is 14.7. The lowest BCUT2D eigenvalue weighted by atomic mass is 9.98. The van der Waals surface area contributed by atoms with Gasteiger partial charge in [-0.05, 0) is 30.7 Å². The van der Waals surface area contributed by atoms with Crippen molar-refractivity contribution in [3.8, 4) is 0 Å². The van der Waals surface area contributed by atoms with Crippen LogP contribution in [0.1, 0.15) is 22.3 Å². The van der Waals surface area contributed by atoms with Crippen molar-refractivity contribution in [3.05, 3.63) is 40.0 Å². The number of aromatic nitrogens is 1. The number of carbonyl (C=O) groups excluding carboxylic acids is 1. The molecule has 0 saturated carbocycles. The van der Waals surface area contributed by atoms with E-state index in [1.807, 2.05) is 12.3 Å². The monoisotopic (exact) mass is 355 g/mol. The predicted octanol–water partition coefficient (Wildman–Crippen LogP) is 2.83. The van der Waals surface area contributed by atoms with Crippen molar-refractivity contribution in [1.82, 2.24) is 10.3 Å². The summed E-state index contributed by atoms with van der Waals surface area (Å²) < 4.78 is 0.865. The number of amides is 1. The molecule has 0 bridgehead atoms. The molecule has 2 aromatic rings. The number of hydrogen-bond donors (Lipinski definition) is 3. The molecule has 6 heteroatoms. The number of benzene rings is 1. The molecule has 4 nitrogen and oxygen atoms in total. The lowest BCUT2D eigenvalue weighted by Crippen LogP contribution is -2.19. The first-order chi connectivity index (χ1) is 9.16. The molecule has 1 aromatic heterocycles. The quantitative estimate of drug-likeness (QED) is 0.774. The molecule has 1 aliphatic heterocycles. The van der Waals surface area contributed by atoms with Crippen molar-refractivity contribution in [2.45, 2.75) is 6.42 Å². The standard InChI is InChI=1S/C14H14BrN3O.ClH/c15-9-5-10-12(8-1-3-17-4-2-8)7-18-13(10)11(6-9)14(16)19;/h1,5-7,17-18H,2-4H2,(H2,16,19);1H. The first kappa shape index (κ1) is 15.1. The van der Waals surface area contributed by atoms with Gasteiger partial charge in [-0.2, -0.15) is 0 Å². The minimum atomic E-state index is -0.418. The molecule has 1 aliphatic rings. The second-order valence-electron chi connectivity index (χ2n) is 4.63. The molecule has 2 heterocycles. The molecule has 106 valence electrons. The lowest BCUT2D eigenvalue weighted by Gasteiger charge is -2.13. The molecule has 0 spiro atoms. The van der Waals surface area contributed by atoms with Gasteiger partial charge in [-0.25, -0.2) is 0 Å². The highest BCUT2D eigenvalue weighted by molar-refractivity contribution is 9.10. The fourth-order valence-corrected chi connectivity index (χ4v) is 2.98. The summed E-state index contributed by atoms with van der Waals surface area (Å²) in [6.45, 7) is 1.87. The van der Waals surface area contributed by atoms with Gasteiger partial charge in [0.1, 0.15) is 0 Å². The summed E-state index contributed by atoms with van der Waals surface area (Å²) in [5.41, 5.74) is 9.22. The average Bonchev–Trinajstić information content (AvgIpc) is 2.82. The smallest absolute Gasteiger partial charge is 0.250 e. The van der Waals surface area contributed by atoms with Crippen molar-refractivity contribution < 1.29 is 4.79 Å². The van der Waals surface area contributed by atoms with Gasteiger partial charge < -0.3 is 16.0 Å². The Bertz CT molecular complexity index is 693. The Morgan fingerprint density at radius 2 is 2.15 bits per heavy atom. The Labute approximate surface area is 131 Å². The van der Waals surface area contributed by atoms with E-state index in [1.54, 1.807) is 6.07 Å². The molecule has 4 N–H and O–H groups in total. The number of H-pyrrole nitrogens is 1. The van der Waals surface area contributed by atoms with E-state index in [9.17, 15) is 4.79 Å². The van der Waals surface area contributed by atoms with E-state index in [2.05, 4.69) is 32.3 Å². The fraction of sp³-hybridized carbons (Fsp3) is 0.214. The summed E-state index contributed by atoms with van der Waals surface area (Å²) >= 11 is 3.44. The van der Waals surface area contributed by atoms with Crippen molar-refractivity contribution >= 4 is 50.7 Å². The third-order valence-electron chi connectivity index (χ3n) is 3.43. The molecule has 1 amide bonds. The number of halogens is 2. The predicted molar refractivity (Wildman–Crippen MR) is 87.2 cm³/mol. The van der Waals surface area contributed by atoms with Crippen LogP contribution in [0, 0.1) is 0 Å². The SMILES string of the molecule is Cl.NC(=O)c1cc(Br)cc2c(C3=CCNCC3)c[nH]c12. The third-order valence-corrected chi connectivity index (χ3v) is 3.89. The normalized spacial score (nSPS) is 14.8. The van der Waals surface area contributed by atoms with Crippen LogP contribution in [0.2, 0.25) is 0 Å². The highest BCUT2D eigenvalue weighted by Crippen LogP contribution is 2.32. The third kappa shape index (κ3) is 2.61. The molecule has 0 aliphatic carbocycles. The molecule has 0 radical (unpaired) electrons. The van der Waals surface area contributed by atoms with Crippen LogP contribution in [0.4, 0.5) is 0 Å². The van der Waals surface area contributed by atoms with E-state index >= 15 is 0 Å². The molecule has 0 fully saturated rings. The van der Waals surface area contributed by atoms with Gasteiger partial charge in [0.2, 0.25) is 0 Å². The van der Waals surface area contributed by atoms with E-state index < -0.39 is 5.91 Å². The van der Waals surface area contributed by atoms with Gasteiger partial charge in [0, 0.05) is 28.2 Å². The van der Waals surface area contributed by atoms with Crippen LogP contribution >= 0.6 is 28.3 Å². The highest BCUT2D eigenvalue weighted by atomic mass is 79.9. The molecular weight excluding hydrogens is 342 g/mol. The van der Waals surface area contributed by atoms with E-state index in [1.165, 1.54) is 5.57 Å². The number of nitrogens with two attached hydrogens (primary N) is 1. The van der Waals surface area contributed by atoms with Crippen LogP contribution < -0.4 is 11.1 Å². The van der Waals surface area contributed by atoms with Crippen LogP contribution in [-0.2, 0) is 0 Å². The summed E-state index contributed by atoms with van der Waals surface area (Å²) in [6, 6.07) is 3.78. The Kier molecular flexibility index (Phi) is 4.52. The van der Waals surface area contributed by atoms with Gasteiger partial charge in [0.25, 0.3) is 5.91 Å². The molecule has 0 saturated heterocycles. The van der Waals surface area contributed by atoms with Crippen LogP contribution in [-0.4, -0.2) is 24.0 Å². The first-order valence-electron chi connectivity index (χ1n) is 6.17. The fourth-order valence-electron chi connectivity index (χ4n) is 2.52. The molecule has 3 rings (SSSR count). The van der Waals surface area contributed by atoms with E-state index in [0.717, 1.165) is 40.4 Å². The zero-order valence-corrected chi connectivity index (χ0v) is 13.1. The number of nitrogens with one attached hydrogen (secondary N) is 2. The molecule has 0 atom stereocenters. The number of primary amides is 1. The number of carbonyl (C=O) groups is 1. The maximum Gasteiger partial charge on any atom is 0.250 e. The zero-order valence-electron chi connectivity index (χ0n) is 10.7. The Balaban J connectivity index is 0.00000147. The topological polar surface area (TPSA) is 70.9 Å². The Morgan fingerprint density at radius 1 is 1.35 bits per heavy atom. The van der Waals surface area contributed by atoms with Crippen molar-refractivity contribution in [2.24, 2.45) is 5.73 Å². The number of fused-ring (bicyclic) bond motifs is 1. The van der Waals surface area contributed by atoms with Crippen LogP contribution in [0.25, 0.3) is 16.5 Å². The van der Waals surface area contributed by atoms with Crippen LogP contribution in [0.5, 0.6) is 0 Å². The summed E-state index contributed by atoms with van der Waals surface area (Å²) in [5, 5.41) is 4.33. The van der Waals surface area contributed by atoms with Crippen molar-refractivity contribution in [3.63, 3.8) is 0 Å². The highest BCUT2D eigenvalue weighted by Gasteiger charge is 2.15. The van der Waals surface area contributed by atoms with Gasteiger partial charge >= 0.3 is 0 Å². The summed E-state index contributed by atoms with van der Waals surface area (Å²) in [6.07, 6.45) is 5.14. The van der Waals surface area contributed by atoms with Gasteiger partial charge in [-0.3, -0.25) is 4.79 Å². The minimum Gasteiger partial charge on any atom is -0.366 e. The molecule has 1 aromatic carbocycles. The minimum absolute atomic E-state index is 0. The lowest BCUT2D eigenvalue weighted by molar-refractivity contribution is 0.100.